The SMILES string of the molecule is C=CCN1CCN(S(=O)(=O)N2CCOCC2)CC1. The Bertz CT molecular complexity index is 371. The lowest BCUT2D eigenvalue weighted by Crippen LogP contribution is -2.54. The van der Waals surface area contributed by atoms with Crippen molar-refractivity contribution in [3.63, 3.8) is 0 Å². The highest BCUT2D eigenvalue weighted by atomic mass is 32.2. The zero-order valence-electron chi connectivity index (χ0n) is 10.6. The van der Waals surface area contributed by atoms with Gasteiger partial charge in [0.1, 0.15) is 0 Å². The van der Waals surface area contributed by atoms with Crippen molar-refractivity contribution in [2.75, 3.05) is 59.0 Å². The predicted molar refractivity (Wildman–Crippen MR) is 69.5 cm³/mol. The van der Waals surface area contributed by atoms with Gasteiger partial charge in [0.2, 0.25) is 0 Å². The Labute approximate surface area is 109 Å². The van der Waals surface area contributed by atoms with Gasteiger partial charge in [-0.2, -0.15) is 17.0 Å². The lowest BCUT2D eigenvalue weighted by atomic mass is 10.3. The van der Waals surface area contributed by atoms with Crippen LogP contribution in [0, 0.1) is 0 Å². The van der Waals surface area contributed by atoms with E-state index in [1.165, 1.54) is 4.31 Å². The molecule has 2 aliphatic heterocycles. The van der Waals surface area contributed by atoms with Crippen molar-refractivity contribution in [2.45, 2.75) is 0 Å². The molecule has 0 aliphatic carbocycles. The molecule has 0 radical (unpaired) electrons. The fourth-order valence-corrected chi connectivity index (χ4v) is 3.83. The maximum Gasteiger partial charge on any atom is 0.282 e. The molecule has 0 bridgehead atoms. The molecule has 0 aromatic carbocycles. The second-order valence-electron chi connectivity index (χ2n) is 4.51. The van der Waals surface area contributed by atoms with Crippen LogP contribution in [-0.4, -0.2) is 81.0 Å². The van der Waals surface area contributed by atoms with E-state index in [1.54, 1.807) is 4.31 Å². The topological polar surface area (TPSA) is 53.1 Å². The van der Waals surface area contributed by atoms with Gasteiger partial charge < -0.3 is 4.74 Å². The zero-order valence-corrected chi connectivity index (χ0v) is 11.4. The van der Waals surface area contributed by atoms with E-state index in [0.717, 1.165) is 19.6 Å². The van der Waals surface area contributed by atoms with E-state index >= 15 is 0 Å². The summed E-state index contributed by atoms with van der Waals surface area (Å²) in [5.41, 5.74) is 0. The number of rotatable bonds is 4. The Hall–Kier alpha value is -0.470. The van der Waals surface area contributed by atoms with Crippen molar-refractivity contribution >= 4 is 10.2 Å². The predicted octanol–water partition coefficient (Wildman–Crippen LogP) is -0.633. The first-order chi connectivity index (χ1) is 8.64. The number of morpholine rings is 1. The fourth-order valence-electron chi connectivity index (χ4n) is 2.27. The highest BCUT2D eigenvalue weighted by Gasteiger charge is 2.32. The Morgan fingerprint density at radius 2 is 1.56 bits per heavy atom. The van der Waals surface area contributed by atoms with Gasteiger partial charge in [-0.1, -0.05) is 6.08 Å². The van der Waals surface area contributed by atoms with Crippen molar-refractivity contribution in [1.82, 2.24) is 13.5 Å². The minimum Gasteiger partial charge on any atom is -0.379 e. The number of hydrogen-bond acceptors (Lipinski definition) is 4. The highest BCUT2D eigenvalue weighted by molar-refractivity contribution is 7.86. The maximum atomic E-state index is 12.4. The van der Waals surface area contributed by atoms with Crippen LogP contribution in [-0.2, 0) is 14.9 Å². The molecule has 104 valence electrons. The molecule has 18 heavy (non-hydrogen) atoms. The Kier molecular flexibility index (Phi) is 4.74. The first-order valence-corrected chi connectivity index (χ1v) is 7.70. The van der Waals surface area contributed by atoms with Crippen LogP contribution in [0.15, 0.2) is 12.7 Å². The number of ether oxygens (including phenoxy) is 1. The first-order valence-electron chi connectivity index (χ1n) is 6.31. The quantitative estimate of drug-likeness (QED) is 0.641. The molecule has 2 saturated heterocycles. The third-order valence-electron chi connectivity index (χ3n) is 3.34. The molecule has 0 unspecified atom stereocenters. The normalized spacial score (nSPS) is 25.1. The monoisotopic (exact) mass is 275 g/mol. The van der Waals surface area contributed by atoms with Crippen LogP contribution in [0.25, 0.3) is 0 Å². The van der Waals surface area contributed by atoms with Gasteiger partial charge in [0.05, 0.1) is 13.2 Å². The molecule has 2 aliphatic rings. The van der Waals surface area contributed by atoms with Crippen LogP contribution in [0.1, 0.15) is 0 Å². The summed E-state index contributed by atoms with van der Waals surface area (Å²) >= 11 is 0. The van der Waals surface area contributed by atoms with Gasteiger partial charge in [0.15, 0.2) is 0 Å². The number of piperazine rings is 1. The number of hydrogen-bond donors (Lipinski definition) is 0. The van der Waals surface area contributed by atoms with E-state index < -0.39 is 10.2 Å². The molecule has 0 saturated carbocycles. The van der Waals surface area contributed by atoms with Gasteiger partial charge in [-0.05, 0) is 0 Å². The molecule has 0 atom stereocenters. The molecular weight excluding hydrogens is 254 g/mol. The molecule has 0 amide bonds. The average molecular weight is 275 g/mol. The van der Waals surface area contributed by atoms with Gasteiger partial charge >= 0.3 is 0 Å². The van der Waals surface area contributed by atoms with Crippen molar-refractivity contribution in [3.05, 3.63) is 12.7 Å². The number of nitrogens with zero attached hydrogens (tertiary/aromatic N) is 3. The molecule has 2 rings (SSSR count). The minimum absolute atomic E-state index is 0.467. The Morgan fingerprint density at radius 1 is 1.00 bits per heavy atom. The summed E-state index contributed by atoms with van der Waals surface area (Å²) in [5, 5.41) is 0. The molecule has 2 heterocycles. The fraction of sp³-hybridized carbons (Fsp3) is 0.818. The lowest BCUT2D eigenvalue weighted by molar-refractivity contribution is 0.0687. The van der Waals surface area contributed by atoms with E-state index in [0.29, 0.717) is 39.4 Å². The average Bonchev–Trinajstić information content (AvgIpc) is 2.41. The van der Waals surface area contributed by atoms with Crippen LogP contribution in [0.3, 0.4) is 0 Å². The molecule has 6 nitrogen and oxygen atoms in total. The van der Waals surface area contributed by atoms with E-state index in [4.69, 9.17) is 4.74 Å². The van der Waals surface area contributed by atoms with Gasteiger partial charge in [0, 0.05) is 45.8 Å². The third-order valence-corrected chi connectivity index (χ3v) is 5.38. The van der Waals surface area contributed by atoms with Crippen LogP contribution >= 0.6 is 0 Å². The standard InChI is InChI=1S/C11H21N3O3S/c1-2-3-12-4-6-13(7-5-12)18(15,16)14-8-10-17-11-9-14/h2H,1,3-11H2. The smallest absolute Gasteiger partial charge is 0.282 e. The van der Waals surface area contributed by atoms with Gasteiger partial charge in [-0.15, -0.1) is 6.58 Å². The van der Waals surface area contributed by atoms with Crippen LogP contribution in [0.2, 0.25) is 0 Å². The summed E-state index contributed by atoms with van der Waals surface area (Å²) in [6.45, 7) is 9.12. The van der Waals surface area contributed by atoms with E-state index in [9.17, 15) is 8.42 Å². The summed E-state index contributed by atoms with van der Waals surface area (Å²) in [4.78, 5) is 2.21. The maximum absolute atomic E-state index is 12.4. The first kappa shape index (κ1) is 14.0. The Balaban J connectivity index is 1.93. The van der Waals surface area contributed by atoms with E-state index in [1.807, 2.05) is 6.08 Å². The molecular formula is C11H21N3O3S. The molecule has 0 spiro atoms. The van der Waals surface area contributed by atoms with Crippen molar-refractivity contribution in [2.24, 2.45) is 0 Å². The highest BCUT2D eigenvalue weighted by Crippen LogP contribution is 2.13. The van der Waals surface area contributed by atoms with E-state index in [-0.39, 0.29) is 0 Å². The van der Waals surface area contributed by atoms with Gasteiger partial charge in [-0.25, -0.2) is 0 Å². The van der Waals surface area contributed by atoms with Crippen LogP contribution < -0.4 is 0 Å². The zero-order chi connectivity index (χ0) is 13.0. The van der Waals surface area contributed by atoms with Crippen molar-refractivity contribution in [3.8, 4) is 0 Å². The summed E-state index contributed by atoms with van der Waals surface area (Å²) < 4.78 is 33.0. The molecule has 0 aromatic heterocycles. The largest absolute Gasteiger partial charge is 0.379 e. The van der Waals surface area contributed by atoms with Crippen LogP contribution in [0.5, 0.6) is 0 Å². The second kappa shape index (κ2) is 6.12. The summed E-state index contributed by atoms with van der Waals surface area (Å²) in [6.07, 6.45) is 1.85. The second-order valence-corrected chi connectivity index (χ2v) is 6.44. The van der Waals surface area contributed by atoms with Crippen molar-refractivity contribution < 1.29 is 13.2 Å². The van der Waals surface area contributed by atoms with Crippen LogP contribution in [0.4, 0.5) is 0 Å². The molecule has 0 N–H and O–H groups in total. The molecule has 2 fully saturated rings. The van der Waals surface area contributed by atoms with Gasteiger partial charge in [0.25, 0.3) is 10.2 Å². The summed E-state index contributed by atoms with van der Waals surface area (Å²) in [6, 6.07) is 0. The molecule has 0 aromatic rings. The van der Waals surface area contributed by atoms with E-state index in [2.05, 4.69) is 11.5 Å². The summed E-state index contributed by atoms with van der Waals surface area (Å²) in [5.74, 6) is 0. The Morgan fingerprint density at radius 3 is 2.11 bits per heavy atom. The van der Waals surface area contributed by atoms with Gasteiger partial charge in [-0.3, -0.25) is 4.90 Å². The minimum atomic E-state index is -3.29. The summed E-state index contributed by atoms with van der Waals surface area (Å²) in [7, 11) is -3.29. The third kappa shape index (κ3) is 3.10. The molecule has 7 heteroatoms. The lowest BCUT2D eigenvalue weighted by Gasteiger charge is -2.37. The van der Waals surface area contributed by atoms with Crippen molar-refractivity contribution in [1.29, 1.82) is 0 Å².